The molecule has 1 aromatic carbocycles. The van der Waals surface area contributed by atoms with Gasteiger partial charge in [-0.25, -0.2) is 15.0 Å². The fourth-order valence-corrected chi connectivity index (χ4v) is 2.23. The summed E-state index contributed by atoms with van der Waals surface area (Å²) in [4.78, 5) is 15.9. The van der Waals surface area contributed by atoms with Gasteiger partial charge in [-0.2, -0.15) is 0 Å². The van der Waals surface area contributed by atoms with Gasteiger partial charge >= 0.3 is 0 Å². The number of nitrogens with one attached hydrogen (secondary N) is 1. The van der Waals surface area contributed by atoms with Crippen LogP contribution in [-0.2, 0) is 5.41 Å². The van der Waals surface area contributed by atoms with E-state index >= 15 is 0 Å². The predicted octanol–water partition coefficient (Wildman–Crippen LogP) is 2.68. The Bertz CT molecular complexity index is 670. The summed E-state index contributed by atoms with van der Waals surface area (Å²) in [6.07, 6.45) is 3.23. The molecule has 1 N–H and O–H groups in total. The van der Waals surface area contributed by atoms with Crippen molar-refractivity contribution in [3.63, 3.8) is 0 Å². The molecule has 0 unspecified atom stereocenters. The van der Waals surface area contributed by atoms with Crippen molar-refractivity contribution in [2.24, 2.45) is 0 Å². The molecule has 0 aliphatic carbocycles. The van der Waals surface area contributed by atoms with Crippen LogP contribution in [0.1, 0.15) is 25.1 Å². The number of aromatic nitrogens is 4. The lowest BCUT2D eigenvalue weighted by atomic mass is 9.81. The van der Waals surface area contributed by atoms with Crippen molar-refractivity contribution in [2.75, 3.05) is 0 Å². The SMILES string of the molecule is CC(C)(c1ccccc1)c1ncnc2nc[nH]c12. The summed E-state index contributed by atoms with van der Waals surface area (Å²) in [6.45, 7) is 4.32. The molecule has 0 fully saturated rings. The first-order valence-electron chi connectivity index (χ1n) is 5.89. The number of hydrogen-bond acceptors (Lipinski definition) is 3. The summed E-state index contributed by atoms with van der Waals surface area (Å²) in [5.74, 6) is 0. The lowest BCUT2D eigenvalue weighted by Crippen LogP contribution is -2.21. The molecule has 2 aromatic heterocycles. The van der Waals surface area contributed by atoms with Crippen molar-refractivity contribution in [1.29, 1.82) is 0 Å². The highest BCUT2D eigenvalue weighted by Crippen LogP contribution is 2.32. The number of aromatic amines is 1. The maximum absolute atomic E-state index is 4.44. The number of fused-ring (bicyclic) bond motifs is 1. The summed E-state index contributed by atoms with van der Waals surface area (Å²) in [5, 5.41) is 0. The second-order valence-corrected chi connectivity index (χ2v) is 4.81. The van der Waals surface area contributed by atoms with E-state index in [1.54, 1.807) is 12.7 Å². The summed E-state index contributed by atoms with van der Waals surface area (Å²) in [6, 6.07) is 10.3. The summed E-state index contributed by atoms with van der Waals surface area (Å²) >= 11 is 0. The zero-order chi connectivity index (χ0) is 12.6. The van der Waals surface area contributed by atoms with Crippen LogP contribution >= 0.6 is 0 Å². The third-order valence-electron chi connectivity index (χ3n) is 3.31. The molecule has 3 rings (SSSR count). The van der Waals surface area contributed by atoms with Crippen LogP contribution in [0.3, 0.4) is 0 Å². The van der Waals surface area contributed by atoms with Crippen molar-refractivity contribution in [3.05, 3.63) is 54.2 Å². The van der Waals surface area contributed by atoms with Crippen LogP contribution in [0, 0.1) is 0 Å². The minimum atomic E-state index is -0.186. The maximum atomic E-state index is 4.44. The molecule has 3 aromatic rings. The lowest BCUT2D eigenvalue weighted by Gasteiger charge is -2.24. The van der Waals surface area contributed by atoms with Crippen LogP contribution in [0.15, 0.2) is 43.0 Å². The van der Waals surface area contributed by atoms with Crippen LogP contribution in [0.2, 0.25) is 0 Å². The topological polar surface area (TPSA) is 54.5 Å². The molecule has 0 saturated heterocycles. The quantitative estimate of drug-likeness (QED) is 0.746. The number of imidazole rings is 1. The standard InChI is InChI=1S/C14H14N4/c1-14(2,10-6-4-3-5-7-10)12-11-13(17-8-15-11)18-9-16-12/h3-9H,1-2H3,(H,15,16,17,18). The van der Waals surface area contributed by atoms with Crippen LogP contribution in [0.4, 0.5) is 0 Å². The third-order valence-corrected chi connectivity index (χ3v) is 3.31. The minimum absolute atomic E-state index is 0.186. The largest absolute Gasteiger partial charge is 0.342 e. The molecule has 0 aliphatic heterocycles. The van der Waals surface area contributed by atoms with E-state index in [-0.39, 0.29) is 5.41 Å². The predicted molar refractivity (Wildman–Crippen MR) is 70.3 cm³/mol. The molecular weight excluding hydrogens is 224 g/mol. The van der Waals surface area contributed by atoms with Gasteiger partial charge in [-0.15, -0.1) is 0 Å². The number of nitrogens with zero attached hydrogens (tertiary/aromatic N) is 3. The Balaban J connectivity index is 2.22. The van der Waals surface area contributed by atoms with E-state index in [9.17, 15) is 0 Å². The molecule has 90 valence electrons. The van der Waals surface area contributed by atoms with Gasteiger partial charge in [0.25, 0.3) is 0 Å². The lowest BCUT2D eigenvalue weighted by molar-refractivity contribution is 0.621. The Kier molecular flexibility index (Phi) is 2.37. The Labute approximate surface area is 105 Å². The molecule has 0 radical (unpaired) electrons. The molecule has 0 bridgehead atoms. The van der Waals surface area contributed by atoms with E-state index in [0.29, 0.717) is 5.65 Å². The minimum Gasteiger partial charge on any atom is -0.342 e. The molecule has 4 heteroatoms. The van der Waals surface area contributed by atoms with Gasteiger partial charge in [-0.1, -0.05) is 44.2 Å². The highest BCUT2D eigenvalue weighted by molar-refractivity contribution is 5.74. The first kappa shape index (κ1) is 10.9. The van der Waals surface area contributed by atoms with Gasteiger partial charge in [0.15, 0.2) is 5.65 Å². The van der Waals surface area contributed by atoms with Crippen molar-refractivity contribution >= 4 is 11.2 Å². The first-order valence-corrected chi connectivity index (χ1v) is 5.89. The van der Waals surface area contributed by atoms with Gasteiger partial charge in [-0.05, 0) is 5.56 Å². The molecule has 18 heavy (non-hydrogen) atoms. The third kappa shape index (κ3) is 1.57. The fourth-order valence-electron chi connectivity index (χ4n) is 2.23. The number of rotatable bonds is 2. The van der Waals surface area contributed by atoms with Gasteiger partial charge in [0.2, 0.25) is 0 Å². The van der Waals surface area contributed by atoms with E-state index in [4.69, 9.17) is 0 Å². The molecule has 0 amide bonds. The van der Waals surface area contributed by atoms with Crippen molar-refractivity contribution in [2.45, 2.75) is 19.3 Å². The van der Waals surface area contributed by atoms with Crippen LogP contribution < -0.4 is 0 Å². The number of hydrogen-bond donors (Lipinski definition) is 1. The van der Waals surface area contributed by atoms with E-state index in [1.165, 1.54) is 5.56 Å². The van der Waals surface area contributed by atoms with Crippen LogP contribution in [0.5, 0.6) is 0 Å². The average Bonchev–Trinajstić information content (AvgIpc) is 2.87. The zero-order valence-electron chi connectivity index (χ0n) is 10.4. The van der Waals surface area contributed by atoms with Gasteiger partial charge < -0.3 is 4.98 Å². The molecule has 0 atom stereocenters. The van der Waals surface area contributed by atoms with E-state index < -0.39 is 0 Å². The molecule has 0 saturated carbocycles. The number of benzene rings is 1. The van der Waals surface area contributed by atoms with Gasteiger partial charge in [-0.3, -0.25) is 0 Å². The summed E-state index contributed by atoms with van der Waals surface area (Å²) < 4.78 is 0. The normalized spacial score (nSPS) is 11.9. The Hall–Kier alpha value is -2.23. The van der Waals surface area contributed by atoms with Gasteiger partial charge in [0.1, 0.15) is 11.8 Å². The molecular formula is C14H14N4. The highest BCUT2D eigenvalue weighted by atomic mass is 15.0. The summed E-state index contributed by atoms with van der Waals surface area (Å²) in [5.41, 5.74) is 3.63. The molecule has 2 heterocycles. The molecule has 4 nitrogen and oxygen atoms in total. The monoisotopic (exact) mass is 238 g/mol. The first-order chi connectivity index (χ1) is 8.69. The zero-order valence-corrected chi connectivity index (χ0v) is 10.4. The van der Waals surface area contributed by atoms with Crippen LogP contribution in [0.25, 0.3) is 11.2 Å². The molecule has 0 aliphatic rings. The van der Waals surface area contributed by atoms with Crippen LogP contribution in [-0.4, -0.2) is 19.9 Å². The summed E-state index contributed by atoms with van der Waals surface area (Å²) in [7, 11) is 0. The second-order valence-electron chi connectivity index (χ2n) is 4.81. The Morgan fingerprint density at radius 2 is 1.78 bits per heavy atom. The van der Waals surface area contributed by atoms with Gasteiger partial charge in [0.05, 0.1) is 12.0 Å². The van der Waals surface area contributed by atoms with E-state index in [2.05, 4.69) is 45.9 Å². The Morgan fingerprint density at radius 1 is 1.00 bits per heavy atom. The van der Waals surface area contributed by atoms with Crippen molar-refractivity contribution in [3.8, 4) is 0 Å². The second kappa shape index (κ2) is 3.91. The average molecular weight is 238 g/mol. The van der Waals surface area contributed by atoms with Crippen molar-refractivity contribution in [1.82, 2.24) is 19.9 Å². The molecule has 0 spiro atoms. The number of H-pyrrole nitrogens is 1. The van der Waals surface area contributed by atoms with E-state index in [0.717, 1.165) is 11.2 Å². The Morgan fingerprint density at radius 3 is 2.56 bits per heavy atom. The fraction of sp³-hybridized carbons (Fsp3) is 0.214. The van der Waals surface area contributed by atoms with E-state index in [1.807, 2.05) is 18.2 Å². The smallest absolute Gasteiger partial charge is 0.180 e. The highest BCUT2D eigenvalue weighted by Gasteiger charge is 2.27. The van der Waals surface area contributed by atoms with Crippen molar-refractivity contribution < 1.29 is 0 Å². The maximum Gasteiger partial charge on any atom is 0.180 e. The van der Waals surface area contributed by atoms with Gasteiger partial charge in [0, 0.05) is 5.41 Å².